The van der Waals surface area contributed by atoms with Crippen molar-refractivity contribution in [3.05, 3.63) is 0 Å². The van der Waals surface area contributed by atoms with Gasteiger partial charge in [0.15, 0.2) is 12.6 Å². The summed E-state index contributed by atoms with van der Waals surface area (Å²) in [6, 6.07) is 0. The smallest absolute Gasteiger partial charge is 0.186 e. The van der Waals surface area contributed by atoms with Gasteiger partial charge >= 0.3 is 0 Å². The molecule has 0 saturated carbocycles. The van der Waals surface area contributed by atoms with E-state index < -0.39 is 113 Å². The minimum absolute atomic E-state index is 0.410. The highest BCUT2D eigenvalue weighted by Crippen LogP contribution is 2.27. The lowest BCUT2D eigenvalue weighted by Crippen LogP contribution is -2.62. The van der Waals surface area contributed by atoms with E-state index in [1.54, 1.807) is 0 Å². The number of ether oxygens (including phenoxy) is 5. The quantitative estimate of drug-likeness (QED) is 0.111. The van der Waals surface area contributed by atoms with E-state index in [-0.39, 0.29) is 0 Å². The predicted molar refractivity (Wildman–Crippen MR) is 107 cm³/mol. The van der Waals surface area contributed by atoms with Crippen molar-refractivity contribution in [1.29, 1.82) is 0 Å². The van der Waals surface area contributed by atoms with Gasteiger partial charge in [-0.05, 0) is 6.92 Å². The molecular formula is C19H36O15. The number of hydrogen-bond donors (Lipinski definition) is 10. The SMILES string of the molecule is C[C@H]1OC(CO[C@H]2OC(CO)[C@H](O[C@H](CO)OC(CO)[C@@H](O)CO)C(O)C2O)[C@@H](O)C(O)C1O. The van der Waals surface area contributed by atoms with Crippen molar-refractivity contribution in [3.63, 3.8) is 0 Å². The van der Waals surface area contributed by atoms with Gasteiger partial charge in [-0.25, -0.2) is 0 Å². The van der Waals surface area contributed by atoms with Crippen LogP contribution >= 0.6 is 0 Å². The van der Waals surface area contributed by atoms with Crippen LogP contribution in [-0.2, 0) is 23.7 Å². The van der Waals surface area contributed by atoms with Gasteiger partial charge in [-0.1, -0.05) is 0 Å². The molecule has 13 atom stereocenters. The molecule has 0 spiro atoms. The molecule has 2 saturated heterocycles. The predicted octanol–water partition coefficient (Wildman–Crippen LogP) is -6.25. The highest BCUT2D eigenvalue weighted by atomic mass is 16.7. The summed E-state index contributed by atoms with van der Waals surface area (Å²) in [5, 5.41) is 97.8. The van der Waals surface area contributed by atoms with Crippen LogP contribution in [0.3, 0.4) is 0 Å². The Balaban J connectivity index is 2.00. The van der Waals surface area contributed by atoms with E-state index in [0.29, 0.717) is 0 Å². The zero-order valence-corrected chi connectivity index (χ0v) is 18.6. The first-order valence-corrected chi connectivity index (χ1v) is 10.8. The van der Waals surface area contributed by atoms with Gasteiger partial charge in [-0.15, -0.1) is 0 Å². The Kier molecular flexibility index (Phi) is 11.9. The molecule has 0 aromatic heterocycles. The van der Waals surface area contributed by atoms with E-state index in [4.69, 9.17) is 28.8 Å². The lowest BCUT2D eigenvalue weighted by atomic mass is 9.96. The Bertz CT molecular complexity index is 582. The normalized spacial score (nSPS) is 41.7. The molecule has 15 nitrogen and oxygen atoms in total. The monoisotopic (exact) mass is 504 g/mol. The molecule has 2 heterocycles. The second-order valence-electron chi connectivity index (χ2n) is 8.21. The van der Waals surface area contributed by atoms with Crippen molar-refractivity contribution in [2.24, 2.45) is 0 Å². The average molecular weight is 504 g/mol. The highest BCUT2D eigenvalue weighted by molar-refractivity contribution is 4.93. The van der Waals surface area contributed by atoms with Crippen LogP contribution in [0, 0.1) is 0 Å². The third-order valence-electron chi connectivity index (χ3n) is 5.78. The molecule has 7 unspecified atom stereocenters. The van der Waals surface area contributed by atoms with Crippen molar-refractivity contribution in [1.82, 2.24) is 0 Å². The molecule has 202 valence electrons. The fourth-order valence-electron chi connectivity index (χ4n) is 3.68. The molecule has 2 aliphatic rings. The van der Waals surface area contributed by atoms with Gasteiger partial charge < -0.3 is 74.7 Å². The number of aliphatic hydroxyl groups is 10. The van der Waals surface area contributed by atoms with E-state index in [9.17, 15) is 46.0 Å². The molecule has 34 heavy (non-hydrogen) atoms. The van der Waals surface area contributed by atoms with E-state index in [0.717, 1.165) is 0 Å². The zero-order chi connectivity index (χ0) is 25.6. The summed E-state index contributed by atoms with van der Waals surface area (Å²) < 4.78 is 26.8. The topological polar surface area (TPSA) is 248 Å². The van der Waals surface area contributed by atoms with E-state index in [2.05, 4.69) is 0 Å². The first-order chi connectivity index (χ1) is 16.1. The number of hydrogen-bond acceptors (Lipinski definition) is 15. The maximum absolute atomic E-state index is 10.5. The Hall–Kier alpha value is -0.600. The van der Waals surface area contributed by atoms with E-state index in [1.807, 2.05) is 0 Å². The first-order valence-electron chi connectivity index (χ1n) is 10.8. The molecule has 2 aliphatic heterocycles. The molecule has 0 aromatic rings. The van der Waals surface area contributed by atoms with Gasteiger partial charge in [-0.3, -0.25) is 0 Å². The lowest BCUT2D eigenvalue weighted by Gasteiger charge is -2.44. The fourth-order valence-corrected chi connectivity index (χ4v) is 3.68. The molecular weight excluding hydrogens is 468 g/mol. The summed E-state index contributed by atoms with van der Waals surface area (Å²) in [4.78, 5) is 0. The van der Waals surface area contributed by atoms with Crippen LogP contribution in [0.4, 0.5) is 0 Å². The zero-order valence-electron chi connectivity index (χ0n) is 18.6. The summed E-state index contributed by atoms with van der Waals surface area (Å²) in [6.45, 7) is -1.94. The van der Waals surface area contributed by atoms with Crippen LogP contribution in [0.2, 0.25) is 0 Å². The Labute approximate surface area is 195 Å². The molecule has 15 heteroatoms. The third kappa shape index (κ3) is 7.00. The minimum Gasteiger partial charge on any atom is -0.394 e. The lowest BCUT2D eigenvalue weighted by molar-refractivity contribution is -0.340. The van der Waals surface area contributed by atoms with Gasteiger partial charge in [0.2, 0.25) is 0 Å². The Morgan fingerprint density at radius 1 is 0.765 bits per heavy atom. The van der Waals surface area contributed by atoms with Crippen molar-refractivity contribution < 1.29 is 74.7 Å². The maximum Gasteiger partial charge on any atom is 0.186 e. The van der Waals surface area contributed by atoms with Crippen LogP contribution in [0.1, 0.15) is 6.92 Å². The molecule has 10 N–H and O–H groups in total. The molecule has 2 rings (SSSR count). The molecule has 0 amide bonds. The largest absolute Gasteiger partial charge is 0.394 e. The van der Waals surface area contributed by atoms with Crippen LogP contribution in [-0.4, -0.2) is 164 Å². The van der Waals surface area contributed by atoms with Gasteiger partial charge in [0.25, 0.3) is 0 Å². The van der Waals surface area contributed by atoms with Gasteiger partial charge in [0.05, 0.1) is 39.1 Å². The summed E-state index contributed by atoms with van der Waals surface area (Å²) in [5.74, 6) is 0. The van der Waals surface area contributed by atoms with Gasteiger partial charge in [0, 0.05) is 0 Å². The summed E-state index contributed by atoms with van der Waals surface area (Å²) in [7, 11) is 0. The van der Waals surface area contributed by atoms with Crippen molar-refractivity contribution in [2.45, 2.75) is 86.6 Å². The van der Waals surface area contributed by atoms with Crippen LogP contribution in [0.5, 0.6) is 0 Å². The molecule has 0 aromatic carbocycles. The number of rotatable bonds is 12. The van der Waals surface area contributed by atoms with Gasteiger partial charge in [0.1, 0.15) is 61.0 Å². The Morgan fingerprint density at radius 3 is 2.00 bits per heavy atom. The molecule has 2 fully saturated rings. The van der Waals surface area contributed by atoms with Gasteiger partial charge in [-0.2, -0.15) is 0 Å². The van der Waals surface area contributed by atoms with E-state index >= 15 is 0 Å². The van der Waals surface area contributed by atoms with Crippen LogP contribution in [0.25, 0.3) is 0 Å². The molecule has 0 bridgehead atoms. The van der Waals surface area contributed by atoms with Crippen molar-refractivity contribution in [2.75, 3.05) is 33.0 Å². The summed E-state index contributed by atoms with van der Waals surface area (Å²) in [6.07, 6.45) is -18.3. The standard InChI is InChI=1S/C19H36O15/c1-7-13(25)15(27)14(26)11(31-7)6-30-19-17(29)16(28)18(10(4-22)33-19)34-12(5-23)32-9(3-21)8(24)2-20/h7-29H,2-6H2,1H3/t7-,8+,9?,10?,11?,12-,13?,14-,15?,16?,17?,18+,19+/m1/s1. The first kappa shape index (κ1) is 29.6. The number of aliphatic hydroxyl groups excluding tert-OH is 10. The van der Waals surface area contributed by atoms with Crippen LogP contribution in [0.15, 0.2) is 0 Å². The Morgan fingerprint density at radius 2 is 1.44 bits per heavy atom. The second kappa shape index (κ2) is 13.6. The maximum atomic E-state index is 10.5. The van der Waals surface area contributed by atoms with Crippen molar-refractivity contribution in [3.8, 4) is 0 Å². The third-order valence-corrected chi connectivity index (χ3v) is 5.78. The highest BCUT2D eigenvalue weighted by Gasteiger charge is 2.48. The second-order valence-corrected chi connectivity index (χ2v) is 8.21. The van der Waals surface area contributed by atoms with Crippen molar-refractivity contribution >= 4 is 0 Å². The minimum atomic E-state index is -1.74. The summed E-state index contributed by atoms with van der Waals surface area (Å²) in [5.41, 5.74) is 0. The summed E-state index contributed by atoms with van der Waals surface area (Å²) >= 11 is 0. The average Bonchev–Trinajstić information content (AvgIpc) is 2.84. The van der Waals surface area contributed by atoms with E-state index in [1.165, 1.54) is 6.92 Å². The molecule has 0 radical (unpaired) electrons. The van der Waals surface area contributed by atoms with Crippen LogP contribution < -0.4 is 0 Å². The fraction of sp³-hybridized carbons (Fsp3) is 1.00. The molecule has 0 aliphatic carbocycles.